The number of hydrogen-bond acceptors (Lipinski definition) is 4. The first-order valence-corrected chi connectivity index (χ1v) is 11.3. The average Bonchev–Trinajstić information content (AvgIpc) is 3.38. The summed E-state index contributed by atoms with van der Waals surface area (Å²) < 4.78 is 38.5. The lowest BCUT2D eigenvalue weighted by Gasteiger charge is -2.25. The van der Waals surface area contributed by atoms with Crippen LogP contribution in [0, 0.1) is 6.92 Å². The van der Waals surface area contributed by atoms with Gasteiger partial charge in [0.05, 0.1) is 17.3 Å². The zero-order valence-electron chi connectivity index (χ0n) is 17.9. The summed E-state index contributed by atoms with van der Waals surface area (Å²) in [6.07, 6.45) is -3.09. The lowest BCUT2D eigenvalue weighted by molar-refractivity contribution is -0.137. The Morgan fingerprint density at radius 3 is 2.45 bits per heavy atom. The van der Waals surface area contributed by atoms with E-state index in [1.807, 2.05) is 30.3 Å². The number of aryl methyl sites for hydroxylation is 1. The van der Waals surface area contributed by atoms with E-state index in [0.717, 1.165) is 35.5 Å². The summed E-state index contributed by atoms with van der Waals surface area (Å²) >= 11 is 1.13. The predicted octanol–water partition coefficient (Wildman–Crippen LogP) is 5.23. The van der Waals surface area contributed by atoms with Crippen LogP contribution >= 0.6 is 11.3 Å². The smallest absolute Gasteiger partial charge is 0.343 e. The Morgan fingerprint density at radius 1 is 1.15 bits per heavy atom. The Hall–Kier alpha value is -3.20. The van der Waals surface area contributed by atoms with Crippen molar-refractivity contribution >= 4 is 23.2 Å². The summed E-state index contributed by atoms with van der Waals surface area (Å²) in [5.74, 6) is -0.257. The second kappa shape index (κ2) is 9.35. The number of aromatic nitrogens is 1. The molecule has 1 atom stereocenters. The van der Waals surface area contributed by atoms with E-state index in [9.17, 15) is 22.8 Å². The van der Waals surface area contributed by atoms with Gasteiger partial charge in [-0.1, -0.05) is 42.5 Å². The van der Waals surface area contributed by atoms with Gasteiger partial charge in [0.15, 0.2) is 0 Å². The molecular formula is C24H22F3N3O2S. The standard InChI is InChI=1S/C24H22F3N3O2S/c1-15-21(33-23(28-15)17-9-11-18(12-10-17)24(25,26)27)22(32)29-19(16-6-3-2-4-7-16)14-30-13-5-8-20(30)31/h2-4,6-7,9-12,19H,5,8,13-14H2,1H3,(H,29,32). The van der Waals surface area contributed by atoms with Gasteiger partial charge in [0.2, 0.25) is 5.91 Å². The average molecular weight is 474 g/mol. The van der Waals surface area contributed by atoms with Crippen LogP contribution in [-0.2, 0) is 11.0 Å². The van der Waals surface area contributed by atoms with Crippen molar-refractivity contribution < 1.29 is 22.8 Å². The van der Waals surface area contributed by atoms with Crippen LogP contribution in [0.4, 0.5) is 13.2 Å². The van der Waals surface area contributed by atoms with E-state index >= 15 is 0 Å². The SMILES string of the molecule is Cc1nc(-c2ccc(C(F)(F)F)cc2)sc1C(=O)NC(CN1CCCC1=O)c1ccccc1. The van der Waals surface area contributed by atoms with Crippen LogP contribution in [0.5, 0.6) is 0 Å². The molecule has 1 N–H and O–H groups in total. The van der Waals surface area contributed by atoms with Gasteiger partial charge < -0.3 is 10.2 Å². The number of benzene rings is 2. The fraction of sp³-hybridized carbons (Fsp3) is 0.292. The van der Waals surface area contributed by atoms with Crippen LogP contribution in [0.25, 0.3) is 10.6 Å². The number of nitrogens with one attached hydrogen (secondary N) is 1. The maximum Gasteiger partial charge on any atom is 0.416 e. The zero-order valence-corrected chi connectivity index (χ0v) is 18.7. The Bertz CT molecular complexity index is 1140. The quantitative estimate of drug-likeness (QED) is 0.533. The van der Waals surface area contributed by atoms with Crippen LogP contribution in [0.3, 0.4) is 0 Å². The highest BCUT2D eigenvalue weighted by molar-refractivity contribution is 7.17. The van der Waals surface area contributed by atoms with Gasteiger partial charge in [0.25, 0.3) is 5.91 Å². The number of halogens is 3. The minimum Gasteiger partial charge on any atom is -0.343 e. The number of thiazole rings is 1. The van der Waals surface area contributed by atoms with Crippen LogP contribution in [0.2, 0.25) is 0 Å². The summed E-state index contributed by atoms with van der Waals surface area (Å²) in [5.41, 5.74) is 1.16. The summed E-state index contributed by atoms with van der Waals surface area (Å²) in [5, 5.41) is 3.49. The third-order valence-electron chi connectivity index (χ3n) is 5.54. The summed E-state index contributed by atoms with van der Waals surface area (Å²) in [6.45, 7) is 2.73. The molecule has 1 fully saturated rings. The van der Waals surface area contributed by atoms with Crippen LogP contribution in [-0.4, -0.2) is 34.8 Å². The number of carbonyl (C=O) groups excluding carboxylic acids is 2. The minimum absolute atomic E-state index is 0.0729. The third kappa shape index (κ3) is 5.24. The second-order valence-corrected chi connectivity index (χ2v) is 8.89. The van der Waals surface area contributed by atoms with Gasteiger partial charge in [-0.05, 0) is 31.0 Å². The van der Waals surface area contributed by atoms with E-state index in [-0.39, 0.29) is 11.8 Å². The van der Waals surface area contributed by atoms with Crippen molar-refractivity contribution in [3.8, 4) is 10.6 Å². The van der Waals surface area contributed by atoms with E-state index in [0.29, 0.717) is 40.7 Å². The van der Waals surface area contributed by atoms with Gasteiger partial charge in [0.1, 0.15) is 9.88 Å². The molecule has 4 rings (SSSR count). The lowest BCUT2D eigenvalue weighted by Crippen LogP contribution is -2.38. The Balaban J connectivity index is 1.55. The van der Waals surface area contributed by atoms with E-state index in [2.05, 4.69) is 10.3 Å². The fourth-order valence-electron chi connectivity index (χ4n) is 3.79. The molecule has 1 unspecified atom stereocenters. The molecule has 2 amide bonds. The van der Waals surface area contributed by atoms with Crippen LogP contribution in [0.1, 0.15) is 45.4 Å². The second-order valence-electron chi connectivity index (χ2n) is 7.89. The zero-order chi connectivity index (χ0) is 23.6. The van der Waals surface area contributed by atoms with Crippen LogP contribution in [0.15, 0.2) is 54.6 Å². The van der Waals surface area contributed by atoms with Crippen molar-refractivity contribution in [1.82, 2.24) is 15.2 Å². The molecule has 0 saturated carbocycles. The highest BCUT2D eigenvalue weighted by Crippen LogP contribution is 2.33. The number of hydrogen-bond donors (Lipinski definition) is 1. The summed E-state index contributed by atoms with van der Waals surface area (Å²) in [4.78, 5) is 31.8. The molecule has 0 aliphatic carbocycles. The first-order valence-electron chi connectivity index (χ1n) is 10.5. The van der Waals surface area contributed by atoms with Crippen molar-refractivity contribution in [3.63, 3.8) is 0 Å². The molecule has 172 valence electrons. The largest absolute Gasteiger partial charge is 0.416 e. The maximum absolute atomic E-state index is 13.1. The molecular weight excluding hydrogens is 451 g/mol. The molecule has 1 aromatic heterocycles. The number of likely N-dealkylation sites (tertiary alicyclic amines) is 1. The van der Waals surface area contributed by atoms with Crippen LogP contribution < -0.4 is 5.32 Å². The van der Waals surface area contributed by atoms with Gasteiger partial charge in [-0.2, -0.15) is 13.2 Å². The first-order chi connectivity index (χ1) is 15.7. The third-order valence-corrected chi connectivity index (χ3v) is 6.75. The fourth-order valence-corrected chi connectivity index (χ4v) is 4.77. The van der Waals surface area contributed by atoms with Gasteiger partial charge in [-0.15, -0.1) is 11.3 Å². The lowest BCUT2D eigenvalue weighted by atomic mass is 10.1. The maximum atomic E-state index is 13.1. The molecule has 3 aromatic rings. The first kappa shape index (κ1) is 23.0. The predicted molar refractivity (Wildman–Crippen MR) is 120 cm³/mol. The Kier molecular flexibility index (Phi) is 6.51. The molecule has 1 aliphatic heterocycles. The van der Waals surface area contributed by atoms with E-state index in [1.165, 1.54) is 12.1 Å². The monoisotopic (exact) mass is 473 g/mol. The molecule has 9 heteroatoms. The molecule has 1 aliphatic rings. The molecule has 0 radical (unpaired) electrons. The summed E-state index contributed by atoms with van der Waals surface area (Å²) in [7, 11) is 0. The number of rotatable bonds is 6. The van der Waals surface area contributed by atoms with E-state index in [1.54, 1.807) is 11.8 Å². The topological polar surface area (TPSA) is 62.3 Å². The number of nitrogens with zero attached hydrogens (tertiary/aromatic N) is 2. The Morgan fingerprint density at radius 2 is 1.85 bits per heavy atom. The molecule has 2 aromatic carbocycles. The molecule has 0 bridgehead atoms. The highest BCUT2D eigenvalue weighted by atomic mass is 32.1. The van der Waals surface area contributed by atoms with Gasteiger partial charge in [-0.3, -0.25) is 9.59 Å². The molecule has 5 nitrogen and oxygen atoms in total. The summed E-state index contributed by atoms with van der Waals surface area (Å²) in [6, 6.07) is 13.8. The van der Waals surface area contributed by atoms with Crippen molar-refractivity contribution in [2.75, 3.05) is 13.1 Å². The minimum atomic E-state index is -4.41. The van der Waals surface area contributed by atoms with Crippen molar-refractivity contribution in [1.29, 1.82) is 0 Å². The highest BCUT2D eigenvalue weighted by Gasteiger charge is 2.30. The van der Waals surface area contributed by atoms with E-state index in [4.69, 9.17) is 0 Å². The number of carbonyl (C=O) groups is 2. The van der Waals surface area contributed by atoms with Crippen molar-refractivity contribution in [2.24, 2.45) is 0 Å². The van der Waals surface area contributed by atoms with Gasteiger partial charge >= 0.3 is 6.18 Å². The number of amides is 2. The van der Waals surface area contributed by atoms with Crippen molar-refractivity contribution in [3.05, 3.63) is 76.3 Å². The molecule has 33 heavy (non-hydrogen) atoms. The normalized spacial score (nSPS) is 15.0. The van der Waals surface area contributed by atoms with Gasteiger partial charge in [-0.25, -0.2) is 4.98 Å². The molecule has 1 saturated heterocycles. The molecule has 2 heterocycles. The molecule has 0 spiro atoms. The van der Waals surface area contributed by atoms with E-state index < -0.39 is 17.8 Å². The van der Waals surface area contributed by atoms with Gasteiger partial charge in [0, 0.05) is 25.1 Å². The number of alkyl halides is 3. The Labute approximate surface area is 193 Å². The van der Waals surface area contributed by atoms with Crippen molar-refractivity contribution in [2.45, 2.75) is 32.0 Å².